The summed E-state index contributed by atoms with van der Waals surface area (Å²) in [5, 5.41) is 5.28. The molecule has 11 nitrogen and oxygen atoms in total. The summed E-state index contributed by atoms with van der Waals surface area (Å²) in [7, 11) is -13.8. The third-order valence-electron chi connectivity index (χ3n) is 5.06. The Morgan fingerprint density at radius 3 is 1.74 bits per heavy atom. The van der Waals surface area contributed by atoms with Crippen molar-refractivity contribution in [3.8, 4) is 0 Å². The first kappa shape index (κ1) is 35.5. The van der Waals surface area contributed by atoms with Gasteiger partial charge in [-0.05, 0) is 74.3 Å². The van der Waals surface area contributed by atoms with Crippen molar-refractivity contribution in [3.05, 3.63) is 47.5 Å². The maximum atomic E-state index is 12.1. The van der Waals surface area contributed by atoms with E-state index in [1.807, 2.05) is 0 Å². The van der Waals surface area contributed by atoms with E-state index < -0.39 is 45.3 Å². The molecular formula is C21H23N3Na2O8S4. The Hall–Kier alpha value is -0.560. The molecule has 0 bridgehead atoms. The minimum atomic E-state index is -5.05. The molecule has 3 rings (SSSR count). The molecule has 0 atom stereocenters. The van der Waals surface area contributed by atoms with Crippen molar-refractivity contribution in [2.24, 2.45) is 0 Å². The van der Waals surface area contributed by atoms with E-state index in [-0.39, 0.29) is 92.8 Å². The summed E-state index contributed by atoms with van der Waals surface area (Å²) in [6.45, 7) is 2.84. The maximum Gasteiger partial charge on any atom is 1.00 e. The molecule has 1 fully saturated rings. The molecule has 0 amide bonds. The van der Waals surface area contributed by atoms with E-state index in [4.69, 9.17) is 12.2 Å². The van der Waals surface area contributed by atoms with E-state index in [1.165, 1.54) is 38.1 Å². The summed E-state index contributed by atoms with van der Waals surface area (Å²) < 4.78 is 97.5. The average molecular weight is 620 g/mol. The fraction of sp³-hybridized carbons (Fsp3) is 0.286. The van der Waals surface area contributed by atoms with E-state index in [1.54, 1.807) is 0 Å². The zero-order valence-electron chi connectivity index (χ0n) is 21.1. The van der Waals surface area contributed by atoms with Crippen LogP contribution in [-0.4, -0.2) is 50.8 Å². The first-order valence-electron chi connectivity index (χ1n) is 10.5. The molecule has 3 N–H and O–H groups in total. The monoisotopic (exact) mass is 619 g/mol. The minimum Gasteiger partial charge on any atom is -0.744 e. The van der Waals surface area contributed by atoms with Gasteiger partial charge in [-0.25, -0.2) is 25.3 Å². The first-order valence-corrected chi connectivity index (χ1v) is 15.3. The first-order chi connectivity index (χ1) is 16.6. The number of rotatable bonds is 9. The third-order valence-corrected chi connectivity index (χ3v) is 8.83. The van der Waals surface area contributed by atoms with Crippen LogP contribution in [0.2, 0.25) is 0 Å². The Morgan fingerprint density at radius 2 is 1.32 bits per heavy atom. The molecule has 2 aromatic rings. The van der Waals surface area contributed by atoms with Crippen LogP contribution in [-0.2, 0) is 30.3 Å². The van der Waals surface area contributed by atoms with Gasteiger partial charge in [0.25, 0.3) is 0 Å². The van der Waals surface area contributed by atoms with E-state index in [0.29, 0.717) is 0 Å². The Kier molecular flexibility index (Phi) is 12.9. The van der Waals surface area contributed by atoms with Gasteiger partial charge in [0.2, 0.25) is 10.0 Å². The Balaban J connectivity index is 0.00000361. The molecule has 1 aliphatic carbocycles. The van der Waals surface area contributed by atoms with Gasteiger partial charge in [-0.2, -0.15) is 0 Å². The van der Waals surface area contributed by atoms with E-state index in [2.05, 4.69) is 15.4 Å². The molecule has 196 valence electrons. The van der Waals surface area contributed by atoms with Crippen molar-refractivity contribution in [2.45, 2.75) is 47.8 Å². The van der Waals surface area contributed by atoms with Crippen molar-refractivity contribution in [1.82, 2.24) is 5.32 Å². The van der Waals surface area contributed by atoms with Crippen LogP contribution in [0.15, 0.2) is 46.2 Å². The number of hydrogen-bond donors (Lipinski definition) is 3. The SMILES string of the molecule is CC(C)S(=O)(=O)Nc1ccc(/C=C/c2ccc(NC(=S)NC3CC3)cc2S(=O)(=O)[O-])c(S(=O)(=O)[O-])c1.[Na+].[Na+]. The van der Waals surface area contributed by atoms with Gasteiger partial charge in [0, 0.05) is 17.4 Å². The van der Waals surface area contributed by atoms with E-state index in [9.17, 15) is 34.4 Å². The van der Waals surface area contributed by atoms with Crippen LogP contribution in [0.3, 0.4) is 0 Å². The molecule has 1 aliphatic rings. The predicted molar refractivity (Wildman–Crippen MR) is 138 cm³/mol. The zero-order valence-corrected chi connectivity index (χ0v) is 28.4. The minimum absolute atomic E-state index is 0. The standard InChI is InChI=1S/C21H25N3O8S4.2Na/c1-13(2)34(25,26)24-18-8-6-15(20(12-18)36(30,31)32)4-3-14-5-7-17(11-19(14)35(27,28)29)23-21(33)22-16-9-10-16;;/h3-8,11-13,16,24H,9-10H2,1-2H3,(H2,22,23,33)(H,27,28,29)(H,30,31,32);;/q;2*+1/p-2/b4-3+;;. The normalized spacial score (nSPS) is 13.9. The number of sulfonamides is 1. The Bertz CT molecular complexity index is 1540. The van der Waals surface area contributed by atoms with Crippen LogP contribution in [0.4, 0.5) is 11.4 Å². The number of anilines is 2. The largest absolute Gasteiger partial charge is 1.00 e. The summed E-state index contributed by atoms with van der Waals surface area (Å²) in [6, 6.07) is 7.45. The van der Waals surface area contributed by atoms with Gasteiger partial charge >= 0.3 is 59.1 Å². The molecule has 0 aromatic heterocycles. The number of nitrogens with one attached hydrogen (secondary N) is 3. The molecule has 0 radical (unpaired) electrons. The van der Waals surface area contributed by atoms with Crippen molar-refractivity contribution >= 4 is 71.1 Å². The summed E-state index contributed by atoms with van der Waals surface area (Å²) in [5.74, 6) is 0. The van der Waals surface area contributed by atoms with E-state index >= 15 is 0 Å². The topological polar surface area (TPSA) is 185 Å². The van der Waals surface area contributed by atoms with Crippen LogP contribution in [0, 0.1) is 0 Å². The van der Waals surface area contributed by atoms with E-state index in [0.717, 1.165) is 37.1 Å². The fourth-order valence-electron chi connectivity index (χ4n) is 2.96. The van der Waals surface area contributed by atoms with Crippen LogP contribution < -0.4 is 74.5 Å². The van der Waals surface area contributed by atoms with Gasteiger partial charge in [0.05, 0.1) is 15.0 Å². The third kappa shape index (κ3) is 10.1. The second kappa shape index (κ2) is 13.9. The van der Waals surface area contributed by atoms with Crippen molar-refractivity contribution in [3.63, 3.8) is 0 Å². The zero-order chi connectivity index (χ0) is 26.9. The molecular weight excluding hydrogens is 596 g/mol. The predicted octanol–water partition coefficient (Wildman–Crippen LogP) is -3.73. The second-order valence-electron chi connectivity index (χ2n) is 8.32. The van der Waals surface area contributed by atoms with Crippen molar-refractivity contribution in [1.29, 1.82) is 0 Å². The summed E-state index contributed by atoms with van der Waals surface area (Å²) in [6.07, 6.45) is 4.24. The molecule has 0 unspecified atom stereocenters. The van der Waals surface area contributed by atoms with Crippen LogP contribution >= 0.6 is 12.2 Å². The molecule has 1 saturated carbocycles. The fourth-order valence-corrected chi connectivity index (χ4v) is 5.33. The number of hydrogen-bond acceptors (Lipinski definition) is 9. The van der Waals surface area contributed by atoms with Gasteiger partial charge in [0.1, 0.15) is 20.2 Å². The summed E-state index contributed by atoms with van der Waals surface area (Å²) in [4.78, 5) is -1.32. The van der Waals surface area contributed by atoms with Gasteiger partial charge in [0.15, 0.2) is 5.11 Å². The molecule has 0 saturated heterocycles. The van der Waals surface area contributed by atoms with Gasteiger partial charge in [-0.15, -0.1) is 0 Å². The molecule has 17 heteroatoms. The van der Waals surface area contributed by atoms with Gasteiger partial charge in [-0.1, -0.05) is 24.3 Å². The van der Waals surface area contributed by atoms with Crippen molar-refractivity contribution in [2.75, 3.05) is 10.0 Å². The van der Waals surface area contributed by atoms with Crippen LogP contribution in [0.1, 0.15) is 37.8 Å². The quantitative estimate of drug-likeness (QED) is 0.109. The second-order valence-corrected chi connectivity index (χ2v) is 13.7. The molecule has 0 spiro atoms. The molecule has 0 aliphatic heterocycles. The summed E-state index contributed by atoms with van der Waals surface area (Å²) >= 11 is 5.15. The Labute approximate surface area is 272 Å². The van der Waals surface area contributed by atoms with Gasteiger partial charge in [-0.3, -0.25) is 4.72 Å². The smallest absolute Gasteiger partial charge is 0.744 e. The number of benzene rings is 2. The molecule has 0 heterocycles. The average Bonchev–Trinajstić information content (AvgIpc) is 3.55. The van der Waals surface area contributed by atoms with Crippen molar-refractivity contribution < 1.29 is 93.5 Å². The number of thiocarbonyl (C=S) groups is 1. The maximum absolute atomic E-state index is 12.1. The molecule has 38 heavy (non-hydrogen) atoms. The molecule has 2 aromatic carbocycles. The van der Waals surface area contributed by atoms with Gasteiger partial charge < -0.3 is 19.7 Å². The van der Waals surface area contributed by atoms with Crippen LogP contribution in [0.5, 0.6) is 0 Å². The van der Waals surface area contributed by atoms with Crippen LogP contribution in [0.25, 0.3) is 12.2 Å². The summed E-state index contributed by atoms with van der Waals surface area (Å²) in [5.41, 5.74) is -0.0761. The Morgan fingerprint density at radius 1 is 0.868 bits per heavy atom.